The summed E-state index contributed by atoms with van der Waals surface area (Å²) in [5.74, 6) is 2.30. The number of rotatable bonds is 6. The second-order valence-corrected chi connectivity index (χ2v) is 8.75. The summed E-state index contributed by atoms with van der Waals surface area (Å²) in [4.78, 5) is 26.9. The van der Waals surface area contributed by atoms with E-state index in [4.69, 9.17) is 9.72 Å². The summed E-state index contributed by atoms with van der Waals surface area (Å²) in [5, 5.41) is 1.26. The van der Waals surface area contributed by atoms with Gasteiger partial charge >= 0.3 is 0 Å². The van der Waals surface area contributed by atoms with Crippen LogP contribution in [0.3, 0.4) is 0 Å². The van der Waals surface area contributed by atoms with E-state index in [9.17, 15) is 4.79 Å². The summed E-state index contributed by atoms with van der Waals surface area (Å²) in [6.45, 7) is 5.00. The number of thioether (sulfide) groups is 1. The molecular formula is C23H30N4O2S. The van der Waals surface area contributed by atoms with Crippen LogP contribution in [0, 0.1) is 6.92 Å². The number of aromatic amines is 1. The van der Waals surface area contributed by atoms with Gasteiger partial charge in [-0.2, -0.15) is 11.8 Å². The van der Waals surface area contributed by atoms with E-state index >= 15 is 0 Å². The molecule has 7 heteroatoms. The number of nitrogens with one attached hydrogen (secondary N) is 1. The molecule has 0 bridgehead atoms. The lowest BCUT2D eigenvalue weighted by atomic mass is 10.1. The maximum Gasteiger partial charge on any atom is 0.258 e. The van der Waals surface area contributed by atoms with Crippen molar-refractivity contribution in [1.82, 2.24) is 19.9 Å². The number of aryl methyl sites for hydroxylation is 1. The Kier molecular flexibility index (Phi) is 7.50. The summed E-state index contributed by atoms with van der Waals surface area (Å²) in [6, 6.07) is 9.73. The molecule has 3 heterocycles. The number of aromatic nitrogens is 3. The molecule has 0 unspecified atom stereocenters. The standard InChI is InChI=1S/C22H26N4O2S.CH4/c1-15-4-3-5-19-21(15)24-20(25-22(19)27)14-29-18-8-10-26(11-9-18)13-16-6-7-17(28-2)12-23-16;/h3-7,12,18H,8-11,13-14H2,1-2H3,(H,24,25,27);1H4. The van der Waals surface area contributed by atoms with Gasteiger partial charge in [-0.05, 0) is 56.6 Å². The molecule has 2 aromatic heterocycles. The van der Waals surface area contributed by atoms with Gasteiger partial charge in [0.05, 0.1) is 35.7 Å². The quantitative estimate of drug-likeness (QED) is 0.638. The summed E-state index contributed by atoms with van der Waals surface area (Å²) >= 11 is 1.90. The smallest absolute Gasteiger partial charge is 0.258 e. The predicted molar refractivity (Wildman–Crippen MR) is 124 cm³/mol. The van der Waals surface area contributed by atoms with Crippen LogP contribution in [0.1, 0.15) is 37.4 Å². The summed E-state index contributed by atoms with van der Waals surface area (Å²) < 4.78 is 5.17. The minimum Gasteiger partial charge on any atom is -0.495 e. The van der Waals surface area contributed by atoms with E-state index < -0.39 is 0 Å². The van der Waals surface area contributed by atoms with Crippen LogP contribution < -0.4 is 10.3 Å². The van der Waals surface area contributed by atoms with Gasteiger partial charge in [-0.15, -0.1) is 0 Å². The Balaban J connectivity index is 0.00000256. The third-order valence-corrected chi connectivity index (χ3v) is 6.78. The largest absolute Gasteiger partial charge is 0.495 e. The number of hydrogen-bond donors (Lipinski definition) is 1. The van der Waals surface area contributed by atoms with Gasteiger partial charge < -0.3 is 9.72 Å². The SMILES string of the molecule is C.COc1ccc(CN2CCC(SCc3nc4c(C)cccc4c(=O)[nH]3)CC2)nc1. The van der Waals surface area contributed by atoms with Crippen molar-refractivity contribution in [1.29, 1.82) is 0 Å². The fourth-order valence-electron chi connectivity index (χ4n) is 3.71. The monoisotopic (exact) mass is 426 g/mol. The predicted octanol–water partition coefficient (Wildman–Crippen LogP) is 4.17. The average Bonchev–Trinajstić information content (AvgIpc) is 2.75. The average molecular weight is 427 g/mol. The Bertz CT molecular complexity index is 1030. The van der Waals surface area contributed by atoms with Gasteiger partial charge in [0, 0.05) is 11.8 Å². The Morgan fingerprint density at radius 2 is 2.03 bits per heavy atom. The third-order valence-electron chi connectivity index (χ3n) is 5.40. The van der Waals surface area contributed by atoms with Crippen LogP contribution in [0.15, 0.2) is 41.3 Å². The molecule has 0 saturated carbocycles. The van der Waals surface area contributed by atoms with Crippen LogP contribution in [0.25, 0.3) is 10.9 Å². The lowest BCUT2D eigenvalue weighted by Crippen LogP contribution is -2.34. The zero-order chi connectivity index (χ0) is 20.2. The molecule has 0 spiro atoms. The Morgan fingerprint density at radius 1 is 1.23 bits per heavy atom. The van der Waals surface area contributed by atoms with Crippen molar-refractivity contribution in [2.75, 3.05) is 20.2 Å². The first-order valence-electron chi connectivity index (χ1n) is 9.94. The Labute approximate surface area is 182 Å². The number of methoxy groups -OCH3 is 1. The highest BCUT2D eigenvalue weighted by atomic mass is 32.2. The highest BCUT2D eigenvalue weighted by Gasteiger charge is 2.20. The molecular weight excluding hydrogens is 396 g/mol. The third kappa shape index (κ3) is 5.21. The van der Waals surface area contributed by atoms with E-state index in [0.717, 1.165) is 66.6 Å². The number of hydrogen-bond acceptors (Lipinski definition) is 6. The number of nitrogens with zero attached hydrogens (tertiary/aromatic N) is 3. The fourth-order valence-corrected chi connectivity index (χ4v) is 4.78. The normalized spacial score (nSPS) is 15.1. The number of pyridine rings is 1. The molecule has 1 saturated heterocycles. The van der Waals surface area contributed by atoms with Crippen molar-refractivity contribution in [2.45, 2.75) is 44.7 Å². The van der Waals surface area contributed by atoms with Gasteiger partial charge in [0.1, 0.15) is 11.6 Å². The fraction of sp³-hybridized carbons (Fsp3) is 0.435. The van der Waals surface area contributed by atoms with E-state index in [1.165, 1.54) is 0 Å². The van der Waals surface area contributed by atoms with Gasteiger partial charge in [0.15, 0.2) is 0 Å². The summed E-state index contributed by atoms with van der Waals surface area (Å²) in [5.41, 5.74) is 2.88. The van der Waals surface area contributed by atoms with Gasteiger partial charge in [-0.25, -0.2) is 4.98 Å². The second-order valence-electron chi connectivity index (χ2n) is 7.46. The van der Waals surface area contributed by atoms with E-state index in [1.807, 2.05) is 49.0 Å². The van der Waals surface area contributed by atoms with Crippen molar-refractivity contribution in [3.05, 3.63) is 64.0 Å². The first-order valence-corrected chi connectivity index (χ1v) is 11.0. The lowest BCUT2D eigenvalue weighted by Gasteiger charge is -2.31. The zero-order valence-corrected chi connectivity index (χ0v) is 17.7. The van der Waals surface area contributed by atoms with Crippen molar-refractivity contribution in [3.8, 4) is 5.75 Å². The molecule has 6 nitrogen and oxygen atoms in total. The molecule has 1 aromatic carbocycles. The second kappa shape index (κ2) is 10.1. The number of likely N-dealkylation sites (tertiary alicyclic amines) is 1. The van der Waals surface area contributed by atoms with Gasteiger partial charge in [0.25, 0.3) is 5.56 Å². The van der Waals surface area contributed by atoms with Crippen LogP contribution in [-0.2, 0) is 12.3 Å². The van der Waals surface area contributed by atoms with E-state index in [1.54, 1.807) is 13.3 Å². The summed E-state index contributed by atoms with van der Waals surface area (Å²) in [6.07, 6.45) is 4.05. The Morgan fingerprint density at radius 3 is 2.73 bits per heavy atom. The maximum absolute atomic E-state index is 12.3. The molecule has 4 rings (SSSR count). The van der Waals surface area contributed by atoms with Gasteiger partial charge in [-0.1, -0.05) is 19.6 Å². The van der Waals surface area contributed by atoms with Gasteiger partial charge in [0.2, 0.25) is 0 Å². The highest BCUT2D eigenvalue weighted by Crippen LogP contribution is 2.26. The number of benzene rings is 1. The molecule has 1 aliphatic rings. The minimum atomic E-state index is -0.0453. The first-order chi connectivity index (χ1) is 14.1. The number of para-hydroxylation sites is 1. The van der Waals surface area contributed by atoms with Crippen molar-refractivity contribution in [3.63, 3.8) is 0 Å². The lowest BCUT2D eigenvalue weighted by molar-refractivity contribution is 0.222. The van der Waals surface area contributed by atoms with Crippen LogP contribution in [0.4, 0.5) is 0 Å². The Hall–Kier alpha value is -2.38. The zero-order valence-electron chi connectivity index (χ0n) is 16.9. The topological polar surface area (TPSA) is 71.1 Å². The number of piperidine rings is 1. The molecule has 1 fully saturated rings. The van der Waals surface area contributed by atoms with Crippen LogP contribution in [-0.4, -0.2) is 45.3 Å². The maximum atomic E-state index is 12.3. The van der Waals surface area contributed by atoms with Crippen LogP contribution in [0.2, 0.25) is 0 Å². The van der Waals surface area contributed by atoms with E-state index in [-0.39, 0.29) is 13.0 Å². The molecule has 160 valence electrons. The van der Waals surface area contributed by atoms with Crippen molar-refractivity contribution >= 4 is 22.7 Å². The van der Waals surface area contributed by atoms with Crippen LogP contribution in [0.5, 0.6) is 5.75 Å². The number of H-pyrrole nitrogens is 1. The van der Waals surface area contributed by atoms with E-state index in [2.05, 4.69) is 14.9 Å². The molecule has 0 amide bonds. The summed E-state index contributed by atoms with van der Waals surface area (Å²) in [7, 11) is 1.66. The molecule has 30 heavy (non-hydrogen) atoms. The number of ether oxygens (including phenoxy) is 1. The van der Waals surface area contributed by atoms with Crippen molar-refractivity contribution < 1.29 is 4.74 Å². The number of fused-ring (bicyclic) bond motifs is 1. The minimum absolute atomic E-state index is 0. The molecule has 1 N–H and O–H groups in total. The van der Waals surface area contributed by atoms with Gasteiger partial charge in [-0.3, -0.25) is 14.7 Å². The van der Waals surface area contributed by atoms with Crippen LogP contribution >= 0.6 is 11.8 Å². The molecule has 0 aliphatic carbocycles. The molecule has 0 atom stereocenters. The molecule has 0 radical (unpaired) electrons. The highest BCUT2D eigenvalue weighted by molar-refractivity contribution is 7.99. The van der Waals surface area contributed by atoms with Crippen molar-refractivity contribution in [2.24, 2.45) is 0 Å². The molecule has 1 aliphatic heterocycles. The van der Waals surface area contributed by atoms with E-state index in [0.29, 0.717) is 10.6 Å². The first kappa shape index (κ1) is 22.3. The molecule has 3 aromatic rings.